The maximum absolute atomic E-state index is 5.72. The number of aryl methyl sites for hydroxylation is 1. The van der Waals surface area contributed by atoms with E-state index in [-0.39, 0.29) is 6.79 Å². The topological polar surface area (TPSA) is 36.9 Å². The first-order valence-corrected chi connectivity index (χ1v) is 7.04. The van der Waals surface area contributed by atoms with Crippen molar-refractivity contribution in [2.45, 2.75) is 13.3 Å². The van der Waals surface area contributed by atoms with Gasteiger partial charge in [-0.15, -0.1) is 0 Å². The number of ether oxygens (including phenoxy) is 4. The van der Waals surface area contributed by atoms with Gasteiger partial charge in [0.25, 0.3) is 0 Å². The summed E-state index contributed by atoms with van der Waals surface area (Å²) >= 11 is 0. The molecule has 21 heavy (non-hydrogen) atoms. The Morgan fingerprint density at radius 3 is 2.67 bits per heavy atom. The van der Waals surface area contributed by atoms with Crippen LogP contribution in [0.25, 0.3) is 0 Å². The van der Waals surface area contributed by atoms with E-state index in [2.05, 4.69) is 0 Å². The van der Waals surface area contributed by atoms with E-state index in [9.17, 15) is 0 Å². The van der Waals surface area contributed by atoms with Crippen molar-refractivity contribution in [2.75, 3.05) is 20.0 Å². The fourth-order valence-electron chi connectivity index (χ4n) is 2.12. The Labute approximate surface area is 124 Å². The second-order valence-electron chi connectivity index (χ2n) is 4.83. The second kappa shape index (κ2) is 6.39. The van der Waals surface area contributed by atoms with Crippen LogP contribution in [0.4, 0.5) is 0 Å². The van der Waals surface area contributed by atoms with Crippen LogP contribution < -0.4 is 18.9 Å². The van der Waals surface area contributed by atoms with E-state index >= 15 is 0 Å². The predicted octanol–water partition coefficient (Wildman–Crippen LogP) is 3.57. The van der Waals surface area contributed by atoms with Crippen LogP contribution in [-0.4, -0.2) is 20.0 Å². The van der Waals surface area contributed by atoms with Crippen molar-refractivity contribution < 1.29 is 18.9 Å². The largest absolute Gasteiger partial charge is 0.493 e. The lowest BCUT2D eigenvalue weighted by atomic mass is 10.2. The molecule has 2 aromatic rings. The number of benzene rings is 2. The summed E-state index contributed by atoms with van der Waals surface area (Å²) in [6, 6.07) is 13.6. The monoisotopic (exact) mass is 286 g/mol. The third-order valence-corrected chi connectivity index (χ3v) is 3.25. The lowest BCUT2D eigenvalue weighted by molar-refractivity contribution is 0.173. The maximum Gasteiger partial charge on any atom is 0.231 e. The summed E-state index contributed by atoms with van der Waals surface area (Å²) < 4.78 is 22.0. The third kappa shape index (κ3) is 3.40. The van der Waals surface area contributed by atoms with Crippen molar-refractivity contribution in [1.82, 2.24) is 0 Å². The van der Waals surface area contributed by atoms with Crippen LogP contribution in [0.2, 0.25) is 0 Å². The Morgan fingerprint density at radius 2 is 1.76 bits per heavy atom. The minimum absolute atomic E-state index is 0.281. The zero-order valence-electron chi connectivity index (χ0n) is 12.0. The van der Waals surface area contributed by atoms with Gasteiger partial charge in [0.2, 0.25) is 6.79 Å². The first-order chi connectivity index (χ1) is 10.3. The van der Waals surface area contributed by atoms with Crippen LogP contribution in [-0.2, 0) is 0 Å². The lowest BCUT2D eigenvalue weighted by Crippen LogP contribution is -2.05. The molecule has 0 aromatic heterocycles. The molecule has 0 aliphatic carbocycles. The van der Waals surface area contributed by atoms with E-state index in [4.69, 9.17) is 18.9 Å². The van der Waals surface area contributed by atoms with Crippen molar-refractivity contribution in [1.29, 1.82) is 0 Å². The van der Waals surface area contributed by atoms with Gasteiger partial charge in [-0.2, -0.15) is 0 Å². The molecule has 1 heterocycles. The highest BCUT2D eigenvalue weighted by molar-refractivity contribution is 5.46. The third-order valence-electron chi connectivity index (χ3n) is 3.25. The highest BCUT2D eigenvalue weighted by Gasteiger charge is 2.13. The van der Waals surface area contributed by atoms with E-state index < -0.39 is 0 Å². The molecule has 4 heteroatoms. The molecule has 3 rings (SSSR count). The molecule has 0 fully saturated rings. The quantitative estimate of drug-likeness (QED) is 0.761. The minimum Gasteiger partial charge on any atom is -0.493 e. The van der Waals surface area contributed by atoms with Crippen LogP contribution in [0, 0.1) is 6.92 Å². The highest BCUT2D eigenvalue weighted by Crippen LogP contribution is 2.35. The summed E-state index contributed by atoms with van der Waals surface area (Å²) in [5, 5.41) is 0. The van der Waals surface area contributed by atoms with Crippen LogP contribution in [0.15, 0.2) is 42.5 Å². The molecule has 4 nitrogen and oxygen atoms in total. The number of para-hydroxylation sites is 1. The van der Waals surface area contributed by atoms with E-state index in [1.54, 1.807) is 0 Å². The predicted molar refractivity (Wildman–Crippen MR) is 79.4 cm³/mol. The normalized spacial score (nSPS) is 12.2. The Morgan fingerprint density at radius 1 is 0.952 bits per heavy atom. The van der Waals surface area contributed by atoms with Gasteiger partial charge in [-0.3, -0.25) is 0 Å². The van der Waals surface area contributed by atoms with Crippen molar-refractivity contribution in [3.8, 4) is 23.0 Å². The molecule has 0 unspecified atom stereocenters. The smallest absolute Gasteiger partial charge is 0.231 e. The first kappa shape index (κ1) is 13.6. The summed E-state index contributed by atoms with van der Waals surface area (Å²) in [5.74, 6) is 3.23. The molecule has 0 bridgehead atoms. The maximum atomic E-state index is 5.72. The second-order valence-corrected chi connectivity index (χ2v) is 4.83. The van der Waals surface area contributed by atoms with Gasteiger partial charge in [0.05, 0.1) is 13.2 Å². The van der Waals surface area contributed by atoms with Gasteiger partial charge < -0.3 is 18.9 Å². The number of hydrogen-bond acceptors (Lipinski definition) is 4. The summed E-state index contributed by atoms with van der Waals surface area (Å²) in [6.45, 7) is 3.56. The molecule has 0 saturated heterocycles. The van der Waals surface area contributed by atoms with E-state index in [1.807, 2.05) is 49.4 Å². The van der Waals surface area contributed by atoms with E-state index in [0.717, 1.165) is 35.0 Å². The van der Waals surface area contributed by atoms with Crippen molar-refractivity contribution >= 4 is 0 Å². The van der Waals surface area contributed by atoms with Gasteiger partial charge in [-0.1, -0.05) is 18.2 Å². The molecular weight excluding hydrogens is 268 g/mol. The van der Waals surface area contributed by atoms with Gasteiger partial charge in [0.15, 0.2) is 11.5 Å². The fraction of sp³-hybridized carbons (Fsp3) is 0.294. The van der Waals surface area contributed by atoms with Crippen molar-refractivity contribution in [3.63, 3.8) is 0 Å². The van der Waals surface area contributed by atoms with Gasteiger partial charge in [-0.05, 0) is 30.7 Å². The zero-order chi connectivity index (χ0) is 14.5. The van der Waals surface area contributed by atoms with Crippen LogP contribution in [0.1, 0.15) is 12.0 Å². The molecule has 0 radical (unpaired) electrons. The number of hydrogen-bond donors (Lipinski definition) is 0. The molecule has 0 atom stereocenters. The standard InChI is InChI=1S/C17H18O4/c1-13-5-2-3-6-15(13)19-10-4-9-18-14-7-8-16-17(11-14)21-12-20-16/h2-3,5-8,11H,4,9-10,12H2,1H3. The molecule has 0 amide bonds. The summed E-state index contributed by atoms with van der Waals surface area (Å²) in [6.07, 6.45) is 0.822. The molecule has 2 aromatic carbocycles. The molecule has 1 aliphatic rings. The molecule has 110 valence electrons. The summed E-state index contributed by atoms with van der Waals surface area (Å²) in [7, 11) is 0. The molecule has 0 spiro atoms. The highest BCUT2D eigenvalue weighted by atomic mass is 16.7. The van der Waals surface area contributed by atoms with Crippen LogP contribution in [0.3, 0.4) is 0 Å². The van der Waals surface area contributed by atoms with Gasteiger partial charge >= 0.3 is 0 Å². The minimum atomic E-state index is 0.281. The molecule has 0 N–H and O–H groups in total. The van der Waals surface area contributed by atoms with Crippen LogP contribution in [0.5, 0.6) is 23.0 Å². The Balaban J connectivity index is 1.41. The summed E-state index contributed by atoms with van der Waals surface area (Å²) in [4.78, 5) is 0. The zero-order valence-corrected chi connectivity index (χ0v) is 12.0. The number of rotatable bonds is 6. The average Bonchev–Trinajstić information content (AvgIpc) is 2.96. The first-order valence-electron chi connectivity index (χ1n) is 7.04. The fourth-order valence-corrected chi connectivity index (χ4v) is 2.12. The summed E-state index contributed by atoms with van der Waals surface area (Å²) in [5.41, 5.74) is 1.15. The van der Waals surface area contributed by atoms with E-state index in [0.29, 0.717) is 13.2 Å². The SMILES string of the molecule is Cc1ccccc1OCCCOc1ccc2c(c1)OCO2. The Kier molecular flexibility index (Phi) is 4.15. The van der Waals surface area contributed by atoms with Gasteiger partial charge in [-0.25, -0.2) is 0 Å². The van der Waals surface area contributed by atoms with Crippen molar-refractivity contribution in [2.24, 2.45) is 0 Å². The Hall–Kier alpha value is -2.36. The van der Waals surface area contributed by atoms with Crippen LogP contribution >= 0.6 is 0 Å². The lowest BCUT2D eigenvalue weighted by Gasteiger charge is -2.10. The Bertz CT molecular complexity index is 609. The van der Waals surface area contributed by atoms with Gasteiger partial charge in [0, 0.05) is 12.5 Å². The van der Waals surface area contributed by atoms with Crippen molar-refractivity contribution in [3.05, 3.63) is 48.0 Å². The number of fused-ring (bicyclic) bond motifs is 1. The van der Waals surface area contributed by atoms with E-state index in [1.165, 1.54) is 0 Å². The molecular formula is C17H18O4. The van der Waals surface area contributed by atoms with Gasteiger partial charge in [0.1, 0.15) is 11.5 Å². The molecule has 1 aliphatic heterocycles. The average molecular weight is 286 g/mol. The molecule has 0 saturated carbocycles.